The maximum absolute atomic E-state index is 12.1. The van der Waals surface area contributed by atoms with Gasteiger partial charge in [-0.3, -0.25) is 9.59 Å². The first-order valence-corrected chi connectivity index (χ1v) is 8.11. The van der Waals surface area contributed by atoms with Gasteiger partial charge in [0.1, 0.15) is 5.75 Å². The van der Waals surface area contributed by atoms with Crippen molar-refractivity contribution < 1.29 is 14.3 Å². The van der Waals surface area contributed by atoms with Gasteiger partial charge in [0.15, 0.2) is 0 Å². The molecule has 2 amide bonds. The molecule has 0 aliphatic rings. The third-order valence-corrected chi connectivity index (χ3v) is 3.49. The average molecular weight is 321 g/mol. The molecular formula is C17H27N3O3. The minimum absolute atomic E-state index is 0.0441. The van der Waals surface area contributed by atoms with E-state index in [0.717, 1.165) is 19.6 Å². The standard InChI is InChI=1S/C17H27N3O3/c1-4-20(5-2)12-11-18-16(21)13-19-17(22)14-9-7-8-10-15(14)23-6-3/h7-10H,4-6,11-13H2,1-3H3,(H,18,21)(H,19,22). The zero-order valence-corrected chi connectivity index (χ0v) is 14.2. The van der Waals surface area contributed by atoms with Crippen molar-refractivity contribution in [3.05, 3.63) is 29.8 Å². The van der Waals surface area contributed by atoms with Crippen molar-refractivity contribution in [3.63, 3.8) is 0 Å². The molecule has 128 valence electrons. The van der Waals surface area contributed by atoms with E-state index >= 15 is 0 Å². The third-order valence-electron chi connectivity index (χ3n) is 3.49. The molecule has 0 radical (unpaired) electrons. The zero-order valence-electron chi connectivity index (χ0n) is 14.2. The van der Waals surface area contributed by atoms with E-state index in [2.05, 4.69) is 29.4 Å². The Morgan fingerprint density at radius 2 is 1.78 bits per heavy atom. The first-order chi connectivity index (χ1) is 11.1. The van der Waals surface area contributed by atoms with Crippen molar-refractivity contribution in [3.8, 4) is 5.75 Å². The Morgan fingerprint density at radius 3 is 2.43 bits per heavy atom. The quantitative estimate of drug-likeness (QED) is 0.681. The fourth-order valence-corrected chi connectivity index (χ4v) is 2.15. The van der Waals surface area contributed by atoms with Crippen molar-refractivity contribution >= 4 is 11.8 Å². The highest BCUT2D eigenvalue weighted by atomic mass is 16.5. The predicted octanol–water partition coefficient (Wildman–Crippen LogP) is 1.27. The minimum Gasteiger partial charge on any atom is -0.493 e. The molecule has 0 atom stereocenters. The Hall–Kier alpha value is -2.08. The molecule has 0 fully saturated rings. The van der Waals surface area contributed by atoms with Crippen LogP contribution >= 0.6 is 0 Å². The number of amides is 2. The van der Waals surface area contributed by atoms with Gasteiger partial charge in [0, 0.05) is 13.1 Å². The Kier molecular flexibility index (Phi) is 8.75. The van der Waals surface area contributed by atoms with Gasteiger partial charge < -0.3 is 20.3 Å². The van der Waals surface area contributed by atoms with Crippen LogP contribution in [0.2, 0.25) is 0 Å². The second-order valence-corrected chi connectivity index (χ2v) is 4.99. The van der Waals surface area contributed by atoms with Crippen LogP contribution in [0.15, 0.2) is 24.3 Å². The van der Waals surface area contributed by atoms with Crippen molar-refractivity contribution in [2.75, 3.05) is 39.3 Å². The summed E-state index contributed by atoms with van der Waals surface area (Å²) in [5.41, 5.74) is 0.435. The second kappa shape index (κ2) is 10.6. The van der Waals surface area contributed by atoms with Gasteiger partial charge in [-0.2, -0.15) is 0 Å². The number of rotatable bonds is 10. The fraction of sp³-hybridized carbons (Fsp3) is 0.529. The number of nitrogens with zero attached hydrogens (tertiary/aromatic N) is 1. The Labute approximate surface area is 138 Å². The largest absolute Gasteiger partial charge is 0.493 e. The summed E-state index contributed by atoms with van der Waals surface area (Å²) >= 11 is 0. The van der Waals surface area contributed by atoms with Gasteiger partial charge in [-0.05, 0) is 32.1 Å². The summed E-state index contributed by atoms with van der Waals surface area (Å²) in [5, 5.41) is 5.42. The normalized spacial score (nSPS) is 10.4. The highest BCUT2D eigenvalue weighted by Crippen LogP contribution is 2.17. The molecule has 0 bridgehead atoms. The van der Waals surface area contributed by atoms with Crippen LogP contribution in [0.4, 0.5) is 0 Å². The SMILES string of the molecule is CCOc1ccccc1C(=O)NCC(=O)NCCN(CC)CC. The molecule has 0 aromatic heterocycles. The van der Waals surface area contributed by atoms with Crippen LogP contribution < -0.4 is 15.4 Å². The second-order valence-electron chi connectivity index (χ2n) is 4.99. The molecule has 0 saturated heterocycles. The van der Waals surface area contributed by atoms with Crippen LogP contribution in [0.25, 0.3) is 0 Å². The number of ether oxygens (including phenoxy) is 1. The molecule has 0 saturated carbocycles. The average Bonchev–Trinajstić information content (AvgIpc) is 2.57. The molecule has 0 unspecified atom stereocenters. The molecule has 1 aromatic carbocycles. The van der Waals surface area contributed by atoms with Crippen molar-refractivity contribution in [1.29, 1.82) is 0 Å². The Bertz CT molecular complexity index is 502. The lowest BCUT2D eigenvalue weighted by Crippen LogP contribution is -2.40. The van der Waals surface area contributed by atoms with Crippen LogP contribution in [-0.4, -0.2) is 56.0 Å². The summed E-state index contributed by atoms with van der Waals surface area (Å²) in [6.07, 6.45) is 0. The summed E-state index contributed by atoms with van der Waals surface area (Å²) in [6, 6.07) is 6.99. The van der Waals surface area contributed by atoms with Crippen LogP contribution in [0.1, 0.15) is 31.1 Å². The molecule has 1 rings (SSSR count). The molecule has 6 nitrogen and oxygen atoms in total. The van der Waals surface area contributed by atoms with Crippen LogP contribution in [-0.2, 0) is 4.79 Å². The van der Waals surface area contributed by atoms with Crippen molar-refractivity contribution in [1.82, 2.24) is 15.5 Å². The van der Waals surface area contributed by atoms with E-state index in [0.29, 0.717) is 24.5 Å². The van der Waals surface area contributed by atoms with Gasteiger partial charge in [-0.15, -0.1) is 0 Å². The molecule has 0 spiro atoms. The first-order valence-electron chi connectivity index (χ1n) is 8.11. The summed E-state index contributed by atoms with van der Waals surface area (Å²) in [7, 11) is 0. The Morgan fingerprint density at radius 1 is 1.09 bits per heavy atom. The molecule has 6 heteroatoms. The van der Waals surface area contributed by atoms with E-state index in [1.165, 1.54) is 0 Å². The Balaban J connectivity index is 2.39. The van der Waals surface area contributed by atoms with Crippen molar-refractivity contribution in [2.45, 2.75) is 20.8 Å². The number of hydrogen-bond acceptors (Lipinski definition) is 4. The van der Waals surface area contributed by atoms with Crippen LogP contribution in [0, 0.1) is 0 Å². The fourth-order valence-electron chi connectivity index (χ4n) is 2.15. The summed E-state index contributed by atoms with van der Waals surface area (Å²) in [4.78, 5) is 26.1. The summed E-state index contributed by atoms with van der Waals surface area (Å²) < 4.78 is 5.41. The topological polar surface area (TPSA) is 70.7 Å². The van der Waals surface area contributed by atoms with Gasteiger partial charge in [-0.1, -0.05) is 26.0 Å². The number of nitrogens with one attached hydrogen (secondary N) is 2. The van der Waals surface area contributed by atoms with E-state index in [1.807, 2.05) is 13.0 Å². The van der Waals surface area contributed by atoms with Gasteiger partial charge in [0.25, 0.3) is 5.91 Å². The maximum Gasteiger partial charge on any atom is 0.255 e. The molecule has 1 aromatic rings. The molecule has 23 heavy (non-hydrogen) atoms. The van der Waals surface area contributed by atoms with E-state index in [9.17, 15) is 9.59 Å². The van der Waals surface area contributed by atoms with Gasteiger partial charge >= 0.3 is 0 Å². The van der Waals surface area contributed by atoms with Gasteiger partial charge in [0.05, 0.1) is 18.7 Å². The number of hydrogen-bond donors (Lipinski definition) is 2. The smallest absolute Gasteiger partial charge is 0.255 e. The van der Waals surface area contributed by atoms with E-state index in [-0.39, 0.29) is 18.4 Å². The van der Waals surface area contributed by atoms with Gasteiger partial charge in [0.2, 0.25) is 5.91 Å². The molecule has 2 N–H and O–H groups in total. The molecule has 0 aliphatic heterocycles. The molecule has 0 aliphatic carbocycles. The molecular weight excluding hydrogens is 294 g/mol. The lowest BCUT2D eigenvalue weighted by Gasteiger charge is -2.18. The van der Waals surface area contributed by atoms with Crippen molar-refractivity contribution in [2.24, 2.45) is 0 Å². The highest BCUT2D eigenvalue weighted by Gasteiger charge is 2.12. The monoisotopic (exact) mass is 321 g/mol. The lowest BCUT2D eigenvalue weighted by molar-refractivity contribution is -0.120. The molecule has 0 heterocycles. The lowest BCUT2D eigenvalue weighted by atomic mass is 10.2. The summed E-state index contributed by atoms with van der Waals surface area (Å²) in [5.74, 6) is 0.0155. The maximum atomic E-state index is 12.1. The highest BCUT2D eigenvalue weighted by molar-refractivity contribution is 5.98. The zero-order chi connectivity index (χ0) is 17.1. The van der Waals surface area contributed by atoms with E-state index < -0.39 is 0 Å². The summed E-state index contributed by atoms with van der Waals surface area (Å²) in [6.45, 7) is 9.76. The van der Waals surface area contributed by atoms with Crippen LogP contribution in [0.5, 0.6) is 5.75 Å². The van der Waals surface area contributed by atoms with Crippen LogP contribution in [0.3, 0.4) is 0 Å². The number of carbonyl (C=O) groups excluding carboxylic acids is 2. The first kappa shape index (κ1) is 19.0. The number of likely N-dealkylation sites (N-methyl/N-ethyl adjacent to an activating group) is 1. The number of para-hydroxylation sites is 1. The van der Waals surface area contributed by atoms with Gasteiger partial charge in [-0.25, -0.2) is 0 Å². The van der Waals surface area contributed by atoms with E-state index in [4.69, 9.17) is 4.74 Å². The third kappa shape index (κ3) is 6.69. The van der Waals surface area contributed by atoms with E-state index in [1.54, 1.807) is 18.2 Å². The minimum atomic E-state index is -0.312. The predicted molar refractivity (Wildman–Crippen MR) is 90.7 cm³/mol. The number of carbonyl (C=O) groups is 2. The number of benzene rings is 1.